The van der Waals surface area contributed by atoms with Gasteiger partial charge in [0.2, 0.25) is 11.8 Å². The quantitative estimate of drug-likeness (QED) is 0.928. The van der Waals surface area contributed by atoms with Crippen LogP contribution in [0.4, 0.5) is 5.69 Å². The van der Waals surface area contributed by atoms with E-state index in [4.69, 9.17) is 4.74 Å². The van der Waals surface area contributed by atoms with Crippen molar-refractivity contribution in [2.24, 2.45) is 5.92 Å². The number of benzene rings is 1. The molecule has 0 radical (unpaired) electrons. The standard InChI is InChI=1S/C15H14N2O3/c1-20-15-12-3-2-4-13(11(12)5-6-16-15)17-14(19)9-7-10(18)8-9/h2-6,9H,7-8H2,1H3,(H,17,19). The number of nitrogens with zero attached hydrogens (tertiary/aromatic N) is 1. The van der Waals surface area contributed by atoms with Crippen LogP contribution in [0, 0.1) is 5.92 Å². The Morgan fingerprint density at radius 2 is 2.10 bits per heavy atom. The maximum absolute atomic E-state index is 12.0. The average Bonchev–Trinajstić information content (AvgIpc) is 2.43. The van der Waals surface area contributed by atoms with Gasteiger partial charge in [0.05, 0.1) is 13.0 Å². The molecule has 5 heteroatoms. The minimum Gasteiger partial charge on any atom is -0.481 e. The average molecular weight is 270 g/mol. The van der Waals surface area contributed by atoms with Crippen molar-refractivity contribution in [3.63, 3.8) is 0 Å². The van der Waals surface area contributed by atoms with E-state index < -0.39 is 0 Å². The lowest BCUT2D eigenvalue weighted by molar-refractivity contribution is -0.135. The third-order valence-electron chi connectivity index (χ3n) is 3.54. The van der Waals surface area contributed by atoms with E-state index in [1.165, 1.54) is 0 Å². The van der Waals surface area contributed by atoms with Crippen molar-refractivity contribution < 1.29 is 14.3 Å². The van der Waals surface area contributed by atoms with Crippen molar-refractivity contribution in [2.75, 3.05) is 12.4 Å². The summed E-state index contributed by atoms with van der Waals surface area (Å²) in [5.41, 5.74) is 0.715. The topological polar surface area (TPSA) is 68.3 Å². The summed E-state index contributed by atoms with van der Waals surface area (Å²) in [4.78, 5) is 27.1. The van der Waals surface area contributed by atoms with E-state index in [-0.39, 0.29) is 17.6 Å². The number of carbonyl (C=O) groups excluding carboxylic acids is 2. The van der Waals surface area contributed by atoms with Crippen LogP contribution in [0.2, 0.25) is 0 Å². The monoisotopic (exact) mass is 270 g/mol. The zero-order valence-corrected chi connectivity index (χ0v) is 11.1. The number of fused-ring (bicyclic) bond motifs is 1. The second-order valence-corrected chi connectivity index (χ2v) is 4.85. The first-order valence-corrected chi connectivity index (χ1v) is 6.43. The summed E-state index contributed by atoms with van der Waals surface area (Å²) in [7, 11) is 1.56. The summed E-state index contributed by atoms with van der Waals surface area (Å²) in [5, 5.41) is 4.60. The normalized spacial score (nSPS) is 14.9. The minimum atomic E-state index is -0.193. The number of Topliss-reactive ketones (excluding diaryl/α,β-unsaturated/α-hetero) is 1. The molecular weight excluding hydrogens is 256 g/mol. The number of hydrogen-bond acceptors (Lipinski definition) is 4. The number of hydrogen-bond donors (Lipinski definition) is 1. The summed E-state index contributed by atoms with van der Waals surface area (Å²) in [6, 6.07) is 7.40. The van der Waals surface area contributed by atoms with Gasteiger partial charge in [0.25, 0.3) is 0 Å². The molecule has 1 fully saturated rings. The predicted octanol–water partition coefficient (Wildman–Crippen LogP) is 2.16. The molecule has 2 aromatic rings. The highest BCUT2D eigenvalue weighted by atomic mass is 16.5. The number of rotatable bonds is 3. The fraction of sp³-hybridized carbons (Fsp3) is 0.267. The molecule has 0 aliphatic heterocycles. The Balaban J connectivity index is 1.92. The van der Waals surface area contributed by atoms with Gasteiger partial charge in [-0.05, 0) is 18.2 Å². The van der Waals surface area contributed by atoms with Crippen LogP contribution in [-0.4, -0.2) is 23.8 Å². The van der Waals surface area contributed by atoms with E-state index in [2.05, 4.69) is 10.3 Å². The van der Waals surface area contributed by atoms with Crippen LogP contribution in [0.1, 0.15) is 12.8 Å². The lowest BCUT2D eigenvalue weighted by Crippen LogP contribution is -2.34. The van der Waals surface area contributed by atoms with Crippen LogP contribution in [0.15, 0.2) is 30.5 Å². The molecule has 1 amide bonds. The number of pyridine rings is 1. The maximum atomic E-state index is 12.0. The molecule has 1 aliphatic rings. The largest absolute Gasteiger partial charge is 0.481 e. The zero-order valence-electron chi connectivity index (χ0n) is 11.1. The van der Waals surface area contributed by atoms with E-state index >= 15 is 0 Å². The van der Waals surface area contributed by atoms with E-state index in [1.54, 1.807) is 13.3 Å². The molecule has 0 spiro atoms. The summed E-state index contributed by atoms with van der Waals surface area (Å²) in [6.07, 6.45) is 2.34. The molecule has 0 saturated heterocycles. The van der Waals surface area contributed by atoms with Gasteiger partial charge in [-0.1, -0.05) is 6.07 Å². The summed E-state index contributed by atoms with van der Waals surface area (Å²) in [6.45, 7) is 0. The summed E-state index contributed by atoms with van der Waals surface area (Å²) < 4.78 is 5.21. The Hall–Kier alpha value is -2.43. The van der Waals surface area contributed by atoms with Gasteiger partial charge in [0.1, 0.15) is 5.78 Å². The second kappa shape index (κ2) is 4.92. The van der Waals surface area contributed by atoms with E-state index in [0.717, 1.165) is 10.8 Å². The van der Waals surface area contributed by atoms with Gasteiger partial charge in [-0.3, -0.25) is 9.59 Å². The molecule has 5 nitrogen and oxygen atoms in total. The lowest BCUT2D eigenvalue weighted by atomic mass is 9.83. The summed E-state index contributed by atoms with van der Waals surface area (Å²) >= 11 is 0. The molecule has 1 aliphatic carbocycles. The fourth-order valence-electron chi connectivity index (χ4n) is 2.36. The van der Waals surface area contributed by atoms with Gasteiger partial charge in [-0.25, -0.2) is 4.98 Å². The van der Waals surface area contributed by atoms with Gasteiger partial charge < -0.3 is 10.1 Å². The van der Waals surface area contributed by atoms with Gasteiger partial charge in [0, 0.05) is 35.5 Å². The van der Waals surface area contributed by atoms with Crippen LogP contribution >= 0.6 is 0 Å². The van der Waals surface area contributed by atoms with Crippen LogP contribution in [0.5, 0.6) is 5.88 Å². The van der Waals surface area contributed by atoms with Gasteiger partial charge in [-0.15, -0.1) is 0 Å². The first kappa shape index (κ1) is 12.6. The Bertz CT molecular complexity index is 689. The molecular formula is C15H14N2O3. The van der Waals surface area contributed by atoms with Crippen molar-refractivity contribution in [2.45, 2.75) is 12.8 Å². The molecule has 0 unspecified atom stereocenters. The first-order valence-electron chi connectivity index (χ1n) is 6.43. The second-order valence-electron chi connectivity index (χ2n) is 4.85. The molecule has 1 aromatic heterocycles. The van der Waals surface area contributed by atoms with E-state index in [1.807, 2.05) is 24.3 Å². The van der Waals surface area contributed by atoms with Crippen molar-refractivity contribution in [3.05, 3.63) is 30.5 Å². The number of amides is 1. The Kier molecular flexibility index (Phi) is 3.10. The van der Waals surface area contributed by atoms with Crippen LogP contribution in [0.3, 0.4) is 0 Å². The highest BCUT2D eigenvalue weighted by Crippen LogP contribution is 2.30. The SMILES string of the molecule is COc1nccc2c(NC(=O)C3CC(=O)C3)cccc12. The number of ketones is 1. The lowest BCUT2D eigenvalue weighted by Gasteiger charge is -2.23. The number of methoxy groups -OCH3 is 1. The number of ether oxygens (including phenoxy) is 1. The fourth-order valence-corrected chi connectivity index (χ4v) is 2.36. The molecule has 1 N–H and O–H groups in total. The maximum Gasteiger partial charge on any atom is 0.228 e. The van der Waals surface area contributed by atoms with Crippen LogP contribution in [-0.2, 0) is 9.59 Å². The third kappa shape index (κ3) is 2.11. The smallest absolute Gasteiger partial charge is 0.228 e. The Morgan fingerprint density at radius 1 is 1.30 bits per heavy atom. The molecule has 1 heterocycles. The number of carbonyl (C=O) groups is 2. The van der Waals surface area contributed by atoms with Crippen LogP contribution < -0.4 is 10.1 Å². The predicted molar refractivity (Wildman–Crippen MR) is 74.7 cm³/mol. The molecule has 102 valence electrons. The van der Waals surface area contributed by atoms with E-state index in [0.29, 0.717) is 24.4 Å². The van der Waals surface area contributed by atoms with Gasteiger partial charge in [0.15, 0.2) is 0 Å². The highest BCUT2D eigenvalue weighted by Gasteiger charge is 2.32. The van der Waals surface area contributed by atoms with Gasteiger partial charge in [-0.2, -0.15) is 0 Å². The zero-order chi connectivity index (χ0) is 14.1. The molecule has 0 atom stereocenters. The number of aromatic nitrogens is 1. The number of anilines is 1. The highest BCUT2D eigenvalue weighted by molar-refractivity contribution is 6.07. The van der Waals surface area contributed by atoms with Crippen molar-refractivity contribution in [1.82, 2.24) is 4.98 Å². The first-order chi connectivity index (χ1) is 9.69. The molecule has 1 aromatic carbocycles. The molecule has 20 heavy (non-hydrogen) atoms. The third-order valence-corrected chi connectivity index (χ3v) is 3.54. The molecule has 3 rings (SSSR count). The van der Waals surface area contributed by atoms with Crippen molar-refractivity contribution >= 4 is 28.2 Å². The minimum absolute atomic E-state index is 0.104. The Morgan fingerprint density at radius 3 is 2.80 bits per heavy atom. The van der Waals surface area contributed by atoms with E-state index in [9.17, 15) is 9.59 Å². The number of nitrogens with one attached hydrogen (secondary N) is 1. The van der Waals surface area contributed by atoms with Gasteiger partial charge >= 0.3 is 0 Å². The Labute approximate surface area is 116 Å². The van der Waals surface area contributed by atoms with Crippen LogP contribution in [0.25, 0.3) is 10.8 Å². The summed E-state index contributed by atoms with van der Waals surface area (Å²) in [5.74, 6) is 0.376. The molecule has 1 saturated carbocycles. The van der Waals surface area contributed by atoms with Crippen molar-refractivity contribution in [3.8, 4) is 5.88 Å². The van der Waals surface area contributed by atoms with Crippen molar-refractivity contribution in [1.29, 1.82) is 0 Å². The molecule has 0 bridgehead atoms.